The van der Waals surface area contributed by atoms with Gasteiger partial charge in [-0.3, -0.25) is 10.1 Å². The van der Waals surface area contributed by atoms with Gasteiger partial charge in [-0.2, -0.15) is 0 Å². The molecule has 1 N–H and O–H groups in total. The minimum atomic E-state index is 0.0193. The number of nitrogens with one attached hydrogen (secondary N) is 1. The van der Waals surface area contributed by atoms with Gasteiger partial charge in [0.15, 0.2) is 0 Å². The molecule has 1 aromatic carbocycles. The highest BCUT2D eigenvalue weighted by atomic mass is 35.5. The molecule has 0 saturated carbocycles. The van der Waals surface area contributed by atoms with E-state index in [1.807, 2.05) is 12.1 Å². The second-order valence-electron chi connectivity index (χ2n) is 5.43. The van der Waals surface area contributed by atoms with Crippen molar-refractivity contribution in [2.75, 3.05) is 18.2 Å². The summed E-state index contributed by atoms with van der Waals surface area (Å²) in [4.78, 5) is 14.6. The second kappa shape index (κ2) is 6.37. The van der Waals surface area contributed by atoms with E-state index < -0.39 is 0 Å². The van der Waals surface area contributed by atoms with Crippen LogP contribution in [0.3, 0.4) is 0 Å². The van der Waals surface area contributed by atoms with E-state index in [1.165, 1.54) is 5.56 Å². The lowest BCUT2D eigenvalue weighted by Crippen LogP contribution is -2.47. The molecule has 0 bridgehead atoms. The van der Waals surface area contributed by atoms with Crippen molar-refractivity contribution < 1.29 is 4.79 Å². The number of rotatable bonds is 3. The second-order valence-corrected chi connectivity index (χ2v) is 6.90. The van der Waals surface area contributed by atoms with Gasteiger partial charge in [0.05, 0.1) is 6.04 Å². The number of amides is 1. The summed E-state index contributed by atoms with van der Waals surface area (Å²) in [6.07, 6.45) is 3.15. The highest BCUT2D eigenvalue weighted by molar-refractivity contribution is 7.99. The zero-order chi connectivity index (χ0) is 13.9. The van der Waals surface area contributed by atoms with Gasteiger partial charge < -0.3 is 4.90 Å². The monoisotopic (exact) mass is 310 g/mol. The van der Waals surface area contributed by atoms with Crippen molar-refractivity contribution >= 4 is 29.3 Å². The Kier molecular flexibility index (Phi) is 4.54. The largest absolute Gasteiger partial charge is 0.338 e. The summed E-state index contributed by atoms with van der Waals surface area (Å²) < 4.78 is 0. The molecule has 5 heteroatoms. The van der Waals surface area contributed by atoms with Crippen LogP contribution in [0, 0.1) is 0 Å². The van der Waals surface area contributed by atoms with Crippen LogP contribution in [0.1, 0.15) is 18.4 Å². The SMILES string of the molecule is O=C(C1CSCN1)N1CCCC1Cc1ccc(Cl)cc1. The molecule has 3 nitrogen and oxygen atoms in total. The number of carbonyl (C=O) groups excluding carboxylic acids is 1. The molecule has 2 atom stereocenters. The first-order valence-corrected chi connectivity index (χ1v) is 8.63. The number of hydrogen-bond donors (Lipinski definition) is 1. The highest BCUT2D eigenvalue weighted by Crippen LogP contribution is 2.24. The van der Waals surface area contributed by atoms with Crippen molar-refractivity contribution in [2.45, 2.75) is 31.3 Å². The predicted molar refractivity (Wildman–Crippen MR) is 84.1 cm³/mol. The van der Waals surface area contributed by atoms with Gasteiger partial charge in [-0.25, -0.2) is 0 Å². The summed E-state index contributed by atoms with van der Waals surface area (Å²) in [7, 11) is 0. The molecular weight excluding hydrogens is 292 g/mol. The number of likely N-dealkylation sites (tertiary alicyclic amines) is 1. The Bertz CT molecular complexity index is 473. The average Bonchev–Trinajstić information content (AvgIpc) is 3.12. The summed E-state index contributed by atoms with van der Waals surface area (Å²) in [6.45, 7) is 0.903. The molecule has 1 aromatic rings. The summed E-state index contributed by atoms with van der Waals surface area (Å²) in [6, 6.07) is 8.34. The molecule has 2 aliphatic rings. The standard InChI is InChI=1S/C15H19ClN2OS/c16-12-5-3-11(4-6-12)8-13-2-1-7-18(13)15(19)14-9-20-10-17-14/h3-6,13-14,17H,1-2,7-10H2. The Morgan fingerprint density at radius 1 is 1.40 bits per heavy atom. The molecule has 3 rings (SSSR count). The van der Waals surface area contributed by atoms with Gasteiger partial charge in [-0.1, -0.05) is 23.7 Å². The number of carbonyl (C=O) groups is 1. The Balaban J connectivity index is 1.65. The van der Waals surface area contributed by atoms with Crippen LogP contribution in [0.2, 0.25) is 5.02 Å². The number of thioether (sulfide) groups is 1. The van der Waals surface area contributed by atoms with Crippen molar-refractivity contribution in [1.29, 1.82) is 0 Å². The molecule has 20 heavy (non-hydrogen) atoms. The maximum Gasteiger partial charge on any atom is 0.240 e. The fourth-order valence-corrected chi connectivity index (χ4v) is 4.04. The summed E-state index contributed by atoms with van der Waals surface area (Å²) >= 11 is 7.72. The van der Waals surface area contributed by atoms with Crippen LogP contribution in [0.25, 0.3) is 0 Å². The Hall–Kier alpha value is -0.710. The summed E-state index contributed by atoms with van der Waals surface area (Å²) in [5, 5.41) is 4.04. The fraction of sp³-hybridized carbons (Fsp3) is 0.533. The Labute approximate surface area is 129 Å². The third-order valence-electron chi connectivity index (χ3n) is 4.06. The minimum Gasteiger partial charge on any atom is -0.338 e. The van der Waals surface area contributed by atoms with Crippen LogP contribution in [0.15, 0.2) is 24.3 Å². The first-order valence-electron chi connectivity index (χ1n) is 7.10. The minimum absolute atomic E-state index is 0.0193. The van der Waals surface area contributed by atoms with E-state index in [-0.39, 0.29) is 11.9 Å². The molecule has 2 fully saturated rings. The molecule has 108 valence electrons. The first kappa shape index (κ1) is 14.2. The van der Waals surface area contributed by atoms with Crippen LogP contribution in [0.4, 0.5) is 0 Å². The van der Waals surface area contributed by atoms with Crippen LogP contribution in [-0.4, -0.2) is 41.1 Å². The van der Waals surface area contributed by atoms with Crippen molar-refractivity contribution in [3.63, 3.8) is 0 Å². The molecule has 1 amide bonds. The van der Waals surface area contributed by atoms with Gasteiger partial charge in [-0.05, 0) is 37.0 Å². The maximum atomic E-state index is 12.5. The number of hydrogen-bond acceptors (Lipinski definition) is 3. The molecule has 0 radical (unpaired) electrons. The van der Waals surface area contributed by atoms with E-state index in [4.69, 9.17) is 11.6 Å². The molecule has 2 saturated heterocycles. The van der Waals surface area contributed by atoms with Crippen molar-refractivity contribution in [2.24, 2.45) is 0 Å². The summed E-state index contributed by atoms with van der Waals surface area (Å²) in [5.41, 5.74) is 1.26. The van der Waals surface area contributed by atoms with E-state index in [9.17, 15) is 4.79 Å². The van der Waals surface area contributed by atoms with Crippen molar-refractivity contribution in [1.82, 2.24) is 10.2 Å². The summed E-state index contributed by atoms with van der Waals surface area (Å²) in [5.74, 6) is 2.08. The normalized spacial score (nSPS) is 26.1. The number of benzene rings is 1. The topological polar surface area (TPSA) is 32.3 Å². The molecule has 0 aromatic heterocycles. The number of nitrogens with zero attached hydrogens (tertiary/aromatic N) is 1. The predicted octanol–water partition coefficient (Wildman–Crippen LogP) is 2.54. The molecule has 0 spiro atoms. The third-order valence-corrected chi connectivity index (χ3v) is 5.25. The van der Waals surface area contributed by atoms with Gasteiger partial charge in [0.25, 0.3) is 0 Å². The van der Waals surface area contributed by atoms with E-state index in [1.54, 1.807) is 11.8 Å². The van der Waals surface area contributed by atoms with E-state index in [2.05, 4.69) is 22.3 Å². The van der Waals surface area contributed by atoms with Gasteiger partial charge in [0.1, 0.15) is 0 Å². The van der Waals surface area contributed by atoms with E-state index in [0.717, 1.165) is 42.5 Å². The smallest absolute Gasteiger partial charge is 0.240 e. The van der Waals surface area contributed by atoms with Crippen LogP contribution in [-0.2, 0) is 11.2 Å². The lowest BCUT2D eigenvalue weighted by atomic mass is 10.0. The lowest BCUT2D eigenvalue weighted by Gasteiger charge is -2.27. The maximum absolute atomic E-state index is 12.5. The van der Waals surface area contributed by atoms with Gasteiger partial charge in [-0.15, -0.1) is 11.8 Å². The van der Waals surface area contributed by atoms with Gasteiger partial charge in [0, 0.05) is 29.2 Å². The highest BCUT2D eigenvalue weighted by Gasteiger charge is 2.34. The van der Waals surface area contributed by atoms with Gasteiger partial charge >= 0.3 is 0 Å². The molecule has 0 aliphatic carbocycles. The van der Waals surface area contributed by atoms with Crippen LogP contribution < -0.4 is 5.32 Å². The quantitative estimate of drug-likeness (QED) is 0.931. The van der Waals surface area contributed by atoms with Crippen LogP contribution in [0.5, 0.6) is 0 Å². The number of halogens is 1. The van der Waals surface area contributed by atoms with E-state index >= 15 is 0 Å². The zero-order valence-corrected chi connectivity index (χ0v) is 12.9. The molecule has 2 heterocycles. The Morgan fingerprint density at radius 2 is 2.20 bits per heavy atom. The first-order chi connectivity index (χ1) is 9.74. The molecule has 2 unspecified atom stereocenters. The molecule has 2 aliphatic heterocycles. The van der Waals surface area contributed by atoms with Crippen molar-refractivity contribution in [3.05, 3.63) is 34.9 Å². The van der Waals surface area contributed by atoms with E-state index in [0.29, 0.717) is 6.04 Å². The van der Waals surface area contributed by atoms with Crippen molar-refractivity contribution in [3.8, 4) is 0 Å². The Morgan fingerprint density at radius 3 is 2.90 bits per heavy atom. The molecular formula is C15H19ClN2OS. The zero-order valence-electron chi connectivity index (χ0n) is 11.3. The average molecular weight is 311 g/mol. The lowest BCUT2D eigenvalue weighted by molar-refractivity contribution is -0.133. The fourth-order valence-electron chi connectivity index (χ4n) is 2.98. The third kappa shape index (κ3) is 3.13. The van der Waals surface area contributed by atoms with Gasteiger partial charge in [0.2, 0.25) is 5.91 Å². The van der Waals surface area contributed by atoms with Crippen LogP contribution >= 0.6 is 23.4 Å².